The van der Waals surface area contributed by atoms with Crippen LogP contribution in [0.15, 0.2) is 18.2 Å². The lowest BCUT2D eigenvalue weighted by Gasteiger charge is -2.38. The lowest BCUT2D eigenvalue weighted by Crippen LogP contribution is -2.51. The van der Waals surface area contributed by atoms with Gasteiger partial charge in [-0.05, 0) is 17.7 Å². The highest BCUT2D eigenvalue weighted by Crippen LogP contribution is 2.40. The first-order chi connectivity index (χ1) is 11.4. The molecule has 0 amide bonds. The second-order valence-corrected chi connectivity index (χ2v) is 5.61. The summed E-state index contributed by atoms with van der Waals surface area (Å²) in [4.78, 5) is 12.7. The molecule has 1 aromatic rings. The second kappa shape index (κ2) is 9.28. The number of benzene rings is 1. The van der Waals surface area contributed by atoms with E-state index in [9.17, 15) is 13.6 Å². The number of rotatable bonds is 6. The number of carbonyl (C=O) groups excluding carboxylic acids is 1. The average molecular weight is 381 g/mol. The van der Waals surface area contributed by atoms with Crippen molar-refractivity contribution in [1.82, 2.24) is 10.2 Å². The maximum absolute atomic E-state index is 14.4. The van der Waals surface area contributed by atoms with E-state index in [0.717, 1.165) is 0 Å². The Kier molecular flexibility index (Phi) is 8.01. The van der Waals surface area contributed by atoms with Gasteiger partial charge >= 0.3 is 5.97 Å². The molecule has 0 aliphatic carbocycles. The molecule has 1 aromatic carbocycles. The van der Waals surface area contributed by atoms with Crippen LogP contribution in [-0.4, -0.2) is 61.8 Å². The van der Waals surface area contributed by atoms with Crippen LogP contribution < -0.4 is 14.8 Å². The van der Waals surface area contributed by atoms with Crippen molar-refractivity contribution < 1.29 is 28.2 Å². The fourth-order valence-electron chi connectivity index (χ4n) is 2.84. The van der Waals surface area contributed by atoms with Gasteiger partial charge in [-0.15, -0.1) is 12.4 Å². The van der Waals surface area contributed by atoms with E-state index in [1.807, 2.05) is 0 Å². The number of aliphatic hydroxyl groups excluding tert-OH is 1. The number of methoxy groups -OCH3 is 1. The molecule has 2 N–H and O–H groups in total. The first kappa shape index (κ1) is 21.6. The first-order valence-electron chi connectivity index (χ1n) is 7.69. The summed E-state index contributed by atoms with van der Waals surface area (Å²) in [5, 5.41) is 12.3. The van der Waals surface area contributed by atoms with Crippen LogP contribution in [0.4, 0.5) is 8.78 Å². The maximum Gasteiger partial charge on any atom is 0.308 e. The second-order valence-electron chi connectivity index (χ2n) is 5.61. The lowest BCUT2D eigenvalue weighted by molar-refractivity contribution is -0.132. The van der Waals surface area contributed by atoms with Gasteiger partial charge in [-0.25, -0.2) is 8.78 Å². The summed E-state index contributed by atoms with van der Waals surface area (Å²) >= 11 is 0. The molecular formula is C16H23ClF2N2O4. The predicted octanol–water partition coefficient (Wildman–Crippen LogP) is 1.62. The Hall–Kier alpha value is -1.48. The first-order valence-corrected chi connectivity index (χ1v) is 7.69. The topological polar surface area (TPSA) is 71.0 Å². The summed E-state index contributed by atoms with van der Waals surface area (Å²) in [6.45, 7) is 2.07. The molecule has 0 unspecified atom stereocenters. The normalized spacial score (nSPS) is 16.7. The highest BCUT2D eigenvalue weighted by molar-refractivity contribution is 5.85. The number of esters is 1. The molecule has 0 spiro atoms. The van der Waals surface area contributed by atoms with E-state index >= 15 is 0 Å². The Morgan fingerprint density at radius 1 is 1.36 bits per heavy atom. The van der Waals surface area contributed by atoms with Gasteiger partial charge in [-0.1, -0.05) is 6.07 Å². The summed E-state index contributed by atoms with van der Waals surface area (Å²) in [5.74, 6) is -3.48. The zero-order valence-corrected chi connectivity index (χ0v) is 14.9. The quantitative estimate of drug-likeness (QED) is 0.577. The van der Waals surface area contributed by atoms with Crippen molar-refractivity contribution in [2.24, 2.45) is 0 Å². The number of aliphatic hydroxyl groups is 1. The van der Waals surface area contributed by atoms with Crippen LogP contribution in [-0.2, 0) is 4.79 Å². The Bertz CT molecular complexity index is 583. The van der Waals surface area contributed by atoms with Crippen molar-refractivity contribution in [1.29, 1.82) is 0 Å². The van der Waals surface area contributed by atoms with E-state index in [-0.39, 0.29) is 23.9 Å². The van der Waals surface area contributed by atoms with Crippen LogP contribution in [0.5, 0.6) is 11.5 Å². The van der Waals surface area contributed by atoms with Gasteiger partial charge in [-0.3, -0.25) is 9.69 Å². The van der Waals surface area contributed by atoms with Crippen LogP contribution in [0.3, 0.4) is 0 Å². The zero-order valence-electron chi connectivity index (χ0n) is 14.1. The van der Waals surface area contributed by atoms with Gasteiger partial charge in [0, 0.05) is 33.1 Å². The van der Waals surface area contributed by atoms with Crippen molar-refractivity contribution >= 4 is 18.4 Å². The van der Waals surface area contributed by atoms with Crippen LogP contribution in [0.2, 0.25) is 0 Å². The maximum atomic E-state index is 14.4. The zero-order chi connectivity index (χ0) is 17.7. The minimum Gasteiger partial charge on any atom is -0.493 e. The molecule has 2 rings (SSSR count). The molecule has 0 aromatic heterocycles. The van der Waals surface area contributed by atoms with Gasteiger partial charge in [0.15, 0.2) is 11.5 Å². The van der Waals surface area contributed by atoms with Crippen molar-refractivity contribution in [3.8, 4) is 11.5 Å². The number of nitrogens with zero attached hydrogens (tertiary/aromatic N) is 1. The third-order valence-corrected chi connectivity index (χ3v) is 3.88. The van der Waals surface area contributed by atoms with E-state index in [2.05, 4.69) is 5.32 Å². The summed E-state index contributed by atoms with van der Waals surface area (Å²) < 4.78 is 39.0. The van der Waals surface area contributed by atoms with E-state index < -0.39 is 24.5 Å². The van der Waals surface area contributed by atoms with Gasteiger partial charge in [0.2, 0.25) is 0 Å². The number of ether oxygens (including phenoxy) is 2. The molecule has 0 saturated carbocycles. The molecule has 1 saturated heterocycles. The van der Waals surface area contributed by atoms with E-state index in [4.69, 9.17) is 14.6 Å². The molecule has 0 bridgehead atoms. The number of piperazine rings is 1. The lowest BCUT2D eigenvalue weighted by atomic mass is 9.97. The third kappa shape index (κ3) is 5.24. The summed E-state index contributed by atoms with van der Waals surface area (Å²) in [6, 6.07) is 3.04. The molecule has 0 radical (unpaired) electrons. The van der Waals surface area contributed by atoms with Crippen LogP contribution >= 0.6 is 12.4 Å². The largest absolute Gasteiger partial charge is 0.493 e. The molecule has 1 heterocycles. The van der Waals surface area contributed by atoms with Crippen molar-refractivity contribution in [3.05, 3.63) is 23.8 Å². The standard InChI is InChI=1S/C16H22F2N2O4.ClH/c1-11(22)24-13-4-3-12(9-14(13)23-2)15(16(17,18)10-21)20-7-5-19-6-8-20;/h3-4,9,15,19,21H,5-8,10H2,1-2H3;1H/t15-;/m0./s1. The SMILES string of the molecule is COc1cc([C@H](N2CCNCC2)C(F)(F)CO)ccc1OC(C)=O.Cl. The molecule has 6 nitrogen and oxygen atoms in total. The van der Waals surface area contributed by atoms with E-state index in [1.54, 1.807) is 4.90 Å². The highest BCUT2D eigenvalue weighted by atomic mass is 35.5. The van der Waals surface area contributed by atoms with Crippen LogP contribution in [0.1, 0.15) is 18.5 Å². The van der Waals surface area contributed by atoms with Crippen molar-refractivity contribution in [3.63, 3.8) is 0 Å². The number of alkyl halides is 2. The number of hydrogen-bond donors (Lipinski definition) is 2. The van der Waals surface area contributed by atoms with Gasteiger partial charge in [0.25, 0.3) is 5.92 Å². The minimum atomic E-state index is -3.31. The predicted molar refractivity (Wildman–Crippen MR) is 90.8 cm³/mol. The summed E-state index contributed by atoms with van der Waals surface area (Å²) in [5.41, 5.74) is 0.295. The molecule has 1 fully saturated rings. The molecule has 9 heteroatoms. The summed E-state index contributed by atoms with van der Waals surface area (Å²) in [7, 11) is 1.37. The molecule has 1 aliphatic heterocycles. The van der Waals surface area contributed by atoms with Gasteiger partial charge in [0.1, 0.15) is 12.6 Å². The van der Waals surface area contributed by atoms with Gasteiger partial charge in [0.05, 0.1) is 7.11 Å². The molecule has 25 heavy (non-hydrogen) atoms. The van der Waals surface area contributed by atoms with Crippen LogP contribution in [0.25, 0.3) is 0 Å². The van der Waals surface area contributed by atoms with Crippen molar-refractivity contribution in [2.45, 2.75) is 18.9 Å². The number of halogens is 3. The number of carbonyl (C=O) groups is 1. The molecular weight excluding hydrogens is 358 g/mol. The Labute approximate surface area is 151 Å². The Morgan fingerprint density at radius 2 is 2.00 bits per heavy atom. The van der Waals surface area contributed by atoms with Gasteiger partial charge in [-0.2, -0.15) is 0 Å². The van der Waals surface area contributed by atoms with E-state index in [1.165, 1.54) is 32.2 Å². The molecule has 1 atom stereocenters. The van der Waals surface area contributed by atoms with Crippen molar-refractivity contribution in [2.75, 3.05) is 39.9 Å². The smallest absolute Gasteiger partial charge is 0.308 e. The number of hydrogen-bond acceptors (Lipinski definition) is 6. The molecule has 1 aliphatic rings. The monoisotopic (exact) mass is 380 g/mol. The Morgan fingerprint density at radius 3 is 2.52 bits per heavy atom. The fraction of sp³-hybridized carbons (Fsp3) is 0.562. The van der Waals surface area contributed by atoms with E-state index in [0.29, 0.717) is 31.7 Å². The minimum absolute atomic E-state index is 0. The highest BCUT2D eigenvalue weighted by Gasteiger charge is 2.44. The summed E-state index contributed by atoms with van der Waals surface area (Å²) in [6.07, 6.45) is 0. The van der Waals surface area contributed by atoms with Gasteiger partial charge < -0.3 is 19.9 Å². The van der Waals surface area contributed by atoms with Crippen LogP contribution in [0, 0.1) is 0 Å². The fourth-order valence-corrected chi connectivity index (χ4v) is 2.84. The Balaban J connectivity index is 0.00000312. The number of nitrogens with one attached hydrogen (secondary N) is 1. The molecule has 142 valence electrons. The average Bonchev–Trinajstić information content (AvgIpc) is 2.56. The third-order valence-electron chi connectivity index (χ3n) is 3.88.